The zero-order valence-electron chi connectivity index (χ0n) is 21.8. The summed E-state index contributed by atoms with van der Waals surface area (Å²) in [5.41, 5.74) is 0.997. The summed E-state index contributed by atoms with van der Waals surface area (Å²) in [6, 6.07) is 0. The Kier molecular flexibility index (Phi) is 8.03. The lowest BCUT2D eigenvalue weighted by Gasteiger charge is -2.61. The van der Waals surface area contributed by atoms with Crippen molar-refractivity contribution in [3.63, 3.8) is 0 Å². The molecule has 2 heteroatoms. The van der Waals surface area contributed by atoms with Crippen LogP contribution in [0.5, 0.6) is 0 Å². The molecule has 1 N–H and O–H groups in total. The first kappa shape index (κ1) is 25.3. The normalized spacial score (nSPS) is 45.1. The second-order valence-corrected chi connectivity index (χ2v) is 13.3. The van der Waals surface area contributed by atoms with Gasteiger partial charge in [-0.1, -0.05) is 41.5 Å². The van der Waals surface area contributed by atoms with E-state index in [1.54, 1.807) is 6.92 Å². The first-order valence-corrected chi connectivity index (χ1v) is 13.7. The number of carbonyl (C=O) groups is 1. The van der Waals surface area contributed by atoms with Crippen molar-refractivity contribution in [1.29, 1.82) is 0 Å². The Labute approximate surface area is 193 Å². The lowest BCUT2D eigenvalue weighted by molar-refractivity contribution is -0.129. The van der Waals surface area contributed by atoms with Crippen LogP contribution in [0, 0.1) is 52.3 Å². The van der Waals surface area contributed by atoms with Gasteiger partial charge in [-0.15, -0.1) is 0 Å². The largest absolute Gasteiger partial charge is 0.393 e. The highest BCUT2D eigenvalue weighted by Gasteiger charge is 2.60. The highest BCUT2D eigenvalue weighted by atomic mass is 16.3. The van der Waals surface area contributed by atoms with Crippen LogP contribution in [-0.2, 0) is 4.79 Å². The molecule has 0 aromatic carbocycles. The molecule has 8 unspecified atom stereocenters. The molecule has 4 rings (SSSR count). The van der Waals surface area contributed by atoms with Gasteiger partial charge in [0, 0.05) is 6.42 Å². The number of fused-ring (bicyclic) bond motifs is 5. The van der Waals surface area contributed by atoms with Crippen molar-refractivity contribution in [2.75, 3.05) is 0 Å². The van der Waals surface area contributed by atoms with Crippen LogP contribution >= 0.6 is 0 Å². The number of ketones is 1. The topological polar surface area (TPSA) is 37.3 Å². The molecule has 0 saturated heterocycles. The van der Waals surface area contributed by atoms with Crippen LogP contribution in [-0.4, -0.2) is 17.0 Å². The first-order chi connectivity index (χ1) is 14.5. The fourth-order valence-electron chi connectivity index (χ4n) is 8.84. The Morgan fingerprint density at radius 2 is 1.52 bits per heavy atom. The predicted octanol–water partition coefficient (Wildman–Crippen LogP) is 7.67. The molecule has 0 spiro atoms. The molecule has 9 atom stereocenters. The Hall–Kier alpha value is -0.370. The first-order valence-electron chi connectivity index (χ1n) is 13.7. The van der Waals surface area contributed by atoms with Crippen molar-refractivity contribution in [3.8, 4) is 0 Å². The molecule has 0 radical (unpaired) electrons. The molecule has 4 saturated carbocycles. The van der Waals surface area contributed by atoms with Gasteiger partial charge in [-0.2, -0.15) is 0 Å². The number of hydrogen-bond acceptors (Lipinski definition) is 2. The van der Waals surface area contributed by atoms with Gasteiger partial charge in [-0.05, 0) is 123 Å². The summed E-state index contributed by atoms with van der Waals surface area (Å²) in [7, 11) is 0. The van der Waals surface area contributed by atoms with Crippen molar-refractivity contribution in [2.45, 2.75) is 125 Å². The minimum Gasteiger partial charge on any atom is -0.393 e. The summed E-state index contributed by atoms with van der Waals surface area (Å²) in [5, 5.41) is 10.2. The van der Waals surface area contributed by atoms with Gasteiger partial charge >= 0.3 is 0 Å². The van der Waals surface area contributed by atoms with Gasteiger partial charge in [0.25, 0.3) is 0 Å². The van der Waals surface area contributed by atoms with Crippen LogP contribution in [0.15, 0.2) is 0 Å². The maximum absolute atomic E-state index is 11.5. The minimum atomic E-state index is -0.0357. The van der Waals surface area contributed by atoms with Crippen molar-refractivity contribution in [2.24, 2.45) is 52.3 Å². The highest BCUT2D eigenvalue weighted by Crippen LogP contribution is 2.68. The second-order valence-electron chi connectivity index (χ2n) is 13.3. The van der Waals surface area contributed by atoms with Crippen LogP contribution in [0.2, 0.25) is 0 Å². The highest BCUT2D eigenvalue weighted by molar-refractivity contribution is 5.75. The van der Waals surface area contributed by atoms with E-state index in [1.165, 1.54) is 44.9 Å². The molecule has 4 fully saturated rings. The summed E-state index contributed by atoms with van der Waals surface area (Å²) in [4.78, 5) is 11.5. The lowest BCUT2D eigenvalue weighted by atomic mass is 9.44. The van der Waals surface area contributed by atoms with E-state index < -0.39 is 0 Å². The Morgan fingerprint density at radius 1 is 0.903 bits per heavy atom. The number of aliphatic hydroxyl groups is 1. The number of Topliss-reactive ketones (excluding diaryl/α,β-unsaturated/α-hetero) is 1. The monoisotopic (exact) mass is 432 g/mol. The van der Waals surface area contributed by atoms with Crippen LogP contribution in [0.1, 0.15) is 119 Å². The molecule has 0 aromatic rings. The van der Waals surface area contributed by atoms with Gasteiger partial charge in [-0.25, -0.2) is 0 Å². The van der Waals surface area contributed by atoms with E-state index in [4.69, 9.17) is 0 Å². The van der Waals surface area contributed by atoms with Crippen LogP contribution in [0.4, 0.5) is 0 Å². The van der Waals surface area contributed by atoms with Crippen molar-refractivity contribution >= 4 is 5.78 Å². The Balaban J connectivity index is 0.000000628. The van der Waals surface area contributed by atoms with Crippen LogP contribution in [0.3, 0.4) is 0 Å². The van der Waals surface area contributed by atoms with E-state index in [0.29, 0.717) is 22.5 Å². The van der Waals surface area contributed by atoms with Crippen LogP contribution in [0.25, 0.3) is 0 Å². The standard InChI is InChI=1S/C25H42O2.C4H10/c1-16(5-6-17(2)26)21-9-10-22-20-8-7-18-15-19(27)11-13-24(18,3)23(20)12-14-25(21,22)4;1-4(2)3/h16,18-23,27H,5-15H2,1-4H3;4H,1-3H3/t16?,18?,19-,20?,21?,22?,23?,24?,25?;/m1./s1. The van der Waals surface area contributed by atoms with Crippen molar-refractivity contribution < 1.29 is 9.90 Å². The van der Waals surface area contributed by atoms with E-state index in [2.05, 4.69) is 41.5 Å². The third-order valence-corrected chi connectivity index (χ3v) is 10.4. The quantitative estimate of drug-likeness (QED) is 0.494. The zero-order chi connectivity index (χ0) is 23.0. The molecular weight excluding hydrogens is 380 g/mol. The molecule has 31 heavy (non-hydrogen) atoms. The zero-order valence-corrected chi connectivity index (χ0v) is 21.8. The van der Waals surface area contributed by atoms with Gasteiger partial charge in [0.05, 0.1) is 6.10 Å². The SMILES string of the molecule is CC(=O)CCC(C)C1CCC2C3CCC4C[C@H](O)CCC4(C)C3CCC12C.CC(C)C. The predicted molar refractivity (Wildman–Crippen MR) is 131 cm³/mol. The van der Waals surface area contributed by atoms with E-state index in [1.807, 2.05) is 0 Å². The average molecular weight is 433 g/mol. The van der Waals surface area contributed by atoms with E-state index in [-0.39, 0.29) is 6.10 Å². The minimum absolute atomic E-state index is 0.0357. The van der Waals surface area contributed by atoms with Gasteiger partial charge in [0.15, 0.2) is 0 Å². The number of aliphatic hydroxyl groups excluding tert-OH is 1. The van der Waals surface area contributed by atoms with Crippen LogP contribution < -0.4 is 0 Å². The molecule has 0 aliphatic heterocycles. The smallest absolute Gasteiger partial charge is 0.129 e. The van der Waals surface area contributed by atoms with E-state index >= 15 is 0 Å². The Bertz CT molecular complexity index is 609. The fraction of sp³-hybridized carbons (Fsp3) is 0.966. The van der Waals surface area contributed by atoms with Crippen molar-refractivity contribution in [1.82, 2.24) is 0 Å². The molecular formula is C29H52O2. The van der Waals surface area contributed by atoms with Gasteiger partial charge in [-0.3, -0.25) is 0 Å². The number of rotatable bonds is 4. The summed E-state index contributed by atoms with van der Waals surface area (Å²) in [5.74, 6) is 6.19. The third kappa shape index (κ3) is 5.10. The number of hydrogen-bond donors (Lipinski definition) is 1. The molecule has 0 heterocycles. The molecule has 4 aliphatic rings. The summed E-state index contributed by atoms with van der Waals surface area (Å²) in [6.45, 7) is 15.9. The van der Waals surface area contributed by atoms with E-state index in [9.17, 15) is 9.90 Å². The molecule has 4 aliphatic carbocycles. The second kappa shape index (κ2) is 9.86. The summed E-state index contributed by atoms with van der Waals surface area (Å²) >= 11 is 0. The molecule has 0 bridgehead atoms. The molecule has 2 nitrogen and oxygen atoms in total. The molecule has 180 valence electrons. The number of carbonyl (C=O) groups excluding carboxylic acids is 1. The van der Waals surface area contributed by atoms with Gasteiger partial charge in [0.2, 0.25) is 0 Å². The van der Waals surface area contributed by atoms with E-state index in [0.717, 1.165) is 61.2 Å². The summed E-state index contributed by atoms with van der Waals surface area (Å²) < 4.78 is 0. The molecule has 0 amide bonds. The third-order valence-electron chi connectivity index (χ3n) is 10.4. The van der Waals surface area contributed by atoms with Gasteiger partial charge < -0.3 is 9.90 Å². The summed E-state index contributed by atoms with van der Waals surface area (Å²) in [6.07, 6.45) is 13.6. The fourth-order valence-corrected chi connectivity index (χ4v) is 8.84. The molecule has 0 aromatic heterocycles. The lowest BCUT2D eigenvalue weighted by Crippen LogP contribution is -2.54. The average Bonchev–Trinajstić information content (AvgIpc) is 3.03. The van der Waals surface area contributed by atoms with Gasteiger partial charge in [0.1, 0.15) is 5.78 Å². The maximum atomic E-state index is 11.5. The maximum Gasteiger partial charge on any atom is 0.129 e. The Morgan fingerprint density at radius 3 is 2.16 bits per heavy atom. The van der Waals surface area contributed by atoms with Crippen molar-refractivity contribution in [3.05, 3.63) is 0 Å².